The minimum atomic E-state index is -0.848. The van der Waals surface area contributed by atoms with Crippen molar-refractivity contribution in [3.8, 4) is 5.75 Å². The lowest BCUT2D eigenvalue weighted by atomic mass is 9.44. The molecule has 1 aromatic rings. The van der Waals surface area contributed by atoms with E-state index in [9.17, 15) is 14.6 Å². The Hall–Kier alpha value is -1.00. The van der Waals surface area contributed by atoms with Crippen LogP contribution < -0.4 is 20.8 Å². The molecule has 1 aliphatic heterocycles. The maximum atomic E-state index is 13.4. The molecule has 5 N–H and O–H groups in total. The summed E-state index contributed by atoms with van der Waals surface area (Å²) in [6, 6.07) is 4.19. The van der Waals surface area contributed by atoms with E-state index in [-0.39, 0.29) is 28.6 Å². The molecule has 1 saturated heterocycles. The van der Waals surface area contributed by atoms with E-state index in [2.05, 4.69) is 28.0 Å². The van der Waals surface area contributed by atoms with Crippen LogP contribution in [0.5, 0.6) is 5.75 Å². The van der Waals surface area contributed by atoms with Gasteiger partial charge in [0.05, 0.1) is 5.02 Å². The van der Waals surface area contributed by atoms with Gasteiger partial charge in [-0.25, -0.2) is 9.40 Å². The smallest absolute Gasteiger partial charge is 0.145 e. The van der Waals surface area contributed by atoms with Gasteiger partial charge in [0, 0.05) is 42.7 Å². The highest BCUT2D eigenvalue weighted by molar-refractivity contribution is 6.30. The van der Waals surface area contributed by atoms with Gasteiger partial charge < -0.3 is 14.9 Å². The first-order valence-electron chi connectivity index (χ1n) is 9.80. The van der Waals surface area contributed by atoms with E-state index in [1.165, 1.54) is 12.1 Å². The summed E-state index contributed by atoms with van der Waals surface area (Å²) in [4.78, 5) is 0. The molecule has 7 nitrogen and oxygen atoms in total. The van der Waals surface area contributed by atoms with Crippen molar-refractivity contribution in [2.24, 2.45) is 5.92 Å². The van der Waals surface area contributed by atoms with Gasteiger partial charge in [0.2, 0.25) is 0 Å². The Kier molecular flexibility index (Phi) is 5.56. The average Bonchev–Trinajstić information content (AvgIpc) is 3.09. The standard InChI is InChI=1S/C19H28ClFN4O3/c1-2-25-7-12(6-22-25)17(27)24-19-9-18(10-19,11-19)23-16(26)8-28-13-3-4-14(20)15(21)5-13/h3-5,12,16-17,22-24,26-27H,2,6-11H2,1H3. The second-order valence-corrected chi connectivity index (χ2v) is 8.80. The van der Waals surface area contributed by atoms with Gasteiger partial charge in [0.15, 0.2) is 0 Å². The number of hydrogen-bond acceptors (Lipinski definition) is 7. The number of nitrogens with zero attached hydrogens (tertiary/aromatic N) is 1. The zero-order valence-electron chi connectivity index (χ0n) is 15.9. The molecule has 28 heavy (non-hydrogen) atoms. The van der Waals surface area contributed by atoms with E-state index in [0.29, 0.717) is 5.75 Å². The van der Waals surface area contributed by atoms with Gasteiger partial charge in [-0.15, -0.1) is 0 Å². The Morgan fingerprint density at radius 2 is 2.04 bits per heavy atom. The van der Waals surface area contributed by atoms with Crippen LogP contribution >= 0.6 is 11.6 Å². The fraction of sp³-hybridized carbons (Fsp3) is 0.684. The molecule has 3 unspecified atom stereocenters. The lowest BCUT2D eigenvalue weighted by Crippen LogP contribution is -2.85. The molecule has 1 aromatic carbocycles. The Labute approximate surface area is 169 Å². The van der Waals surface area contributed by atoms with E-state index in [4.69, 9.17) is 16.3 Å². The number of halogens is 2. The summed E-state index contributed by atoms with van der Waals surface area (Å²) in [5, 5.41) is 29.5. The van der Waals surface area contributed by atoms with Crippen molar-refractivity contribution in [3.05, 3.63) is 29.0 Å². The Morgan fingerprint density at radius 3 is 2.68 bits per heavy atom. The summed E-state index contributed by atoms with van der Waals surface area (Å²) in [7, 11) is 0. The van der Waals surface area contributed by atoms with Crippen LogP contribution in [0, 0.1) is 11.7 Å². The van der Waals surface area contributed by atoms with Crippen LogP contribution in [0.3, 0.4) is 0 Å². The molecule has 3 aliphatic carbocycles. The maximum Gasteiger partial charge on any atom is 0.145 e. The van der Waals surface area contributed by atoms with E-state index >= 15 is 0 Å². The third-order valence-electron chi connectivity index (χ3n) is 6.12. The molecule has 0 radical (unpaired) electrons. The third kappa shape index (κ3) is 4.00. The molecular formula is C19H28ClFN4O3. The van der Waals surface area contributed by atoms with Crippen molar-refractivity contribution < 1.29 is 19.3 Å². The van der Waals surface area contributed by atoms with Gasteiger partial charge in [0.1, 0.15) is 30.6 Å². The zero-order valence-corrected chi connectivity index (χ0v) is 16.7. The SMILES string of the molecule is CCN1CC(C(O)NC23CC(NC(O)COc4ccc(Cl)c(F)c4)(C2)C3)CN1. The number of ether oxygens (including phenoxy) is 1. The molecule has 2 bridgehead atoms. The van der Waals surface area contributed by atoms with E-state index < -0.39 is 18.3 Å². The minimum Gasteiger partial charge on any atom is -0.489 e. The van der Waals surface area contributed by atoms with Crippen molar-refractivity contribution in [2.45, 2.75) is 49.7 Å². The molecule has 156 valence electrons. The highest BCUT2D eigenvalue weighted by Gasteiger charge is 2.68. The van der Waals surface area contributed by atoms with Crippen LogP contribution in [0.25, 0.3) is 0 Å². The van der Waals surface area contributed by atoms with E-state index in [1.54, 1.807) is 6.07 Å². The summed E-state index contributed by atoms with van der Waals surface area (Å²) < 4.78 is 18.9. The lowest BCUT2D eigenvalue weighted by molar-refractivity contribution is -0.155. The minimum absolute atomic E-state index is 0.0203. The first-order chi connectivity index (χ1) is 13.3. The third-order valence-corrected chi connectivity index (χ3v) is 6.42. The molecule has 3 saturated carbocycles. The average molecular weight is 415 g/mol. The second-order valence-electron chi connectivity index (χ2n) is 8.39. The first-order valence-corrected chi connectivity index (χ1v) is 10.2. The van der Waals surface area contributed by atoms with Gasteiger partial charge in [-0.05, 0) is 31.4 Å². The molecule has 0 amide bonds. The molecule has 4 fully saturated rings. The number of nitrogens with one attached hydrogen (secondary N) is 3. The van der Waals surface area contributed by atoms with Crippen molar-refractivity contribution in [1.29, 1.82) is 0 Å². The number of hydrazine groups is 1. The number of hydrogen-bond donors (Lipinski definition) is 5. The largest absolute Gasteiger partial charge is 0.489 e. The quantitative estimate of drug-likeness (QED) is 0.382. The van der Waals surface area contributed by atoms with Crippen LogP contribution in [-0.4, -0.2) is 65.0 Å². The fourth-order valence-electron chi connectivity index (χ4n) is 4.77. The van der Waals surface area contributed by atoms with Crippen LogP contribution in [0.2, 0.25) is 5.02 Å². The predicted octanol–water partition coefficient (Wildman–Crippen LogP) is 0.805. The van der Waals surface area contributed by atoms with Gasteiger partial charge in [0.25, 0.3) is 0 Å². The van der Waals surface area contributed by atoms with Crippen LogP contribution in [-0.2, 0) is 0 Å². The van der Waals surface area contributed by atoms with Crippen molar-refractivity contribution >= 4 is 11.6 Å². The molecule has 0 spiro atoms. The molecule has 9 heteroatoms. The van der Waals surface area contributed by atoms with Crippen molar-refractivity contribution in [3.63, 3.8) is 0 Å². The number of benzene rings is 1. The number of rotatable bonds is 9. The zero-order chi connectivity index (χ0) is 19.9. The maximum absolute atomic E-state index is 13.4. The molecule has 3 atom stereocenters. The highest BCUT2D eigenvalue weighted by Crippen LogP contribution is 2.60. The van der Waals surface area contributed by atoms with E-state index in [1.807, 2.05) is 0 Å². The van der Waals surface area contributed by atoms with Crippen LogP contribution in [0.15, 0.2) is 18.2 Å². The fourth-order valence-corrected chi connectivity index (χ4v) is 4.89. The van der Waals surface area contributed by atoms with Gasteiger partial charge in [-0.3, -0.25) is 16.1 Å². The van der Waals surface area contributed by atoms with Gasteiger partial charge in [-0.2, -0.15) is 0 Å². The number of aliphatic hydroxyl groups is 2. The van der Waals surface area contributed by atoms with E-state index in [0.717, 1.165) is 38.9 Å². The topological polar surface area (TPSA) is 89.0 Å². The highest BCUT2D eigenvalue weighted by atomic mass is 35.5. The summed E-state index contributed by atoms with van der Waals surface area (Å²) in [5.41, 5.74) is 3.14. The summed E-state index contributed by atoms with van der Waals surface area (Å²) in [6.07, 6.45) is 1.21. The Morgan fingerprint density at radius 1 is 1.32 bits per heavy atom. The monoisotopic (exact) mass is 414 g/mol. The normalized spacial score (nSPS) is 33.8. The van der Waals surface area contributed by atoms with Crippen molar-refractivity contribution in [2.75, 3.05) is 26.2 Å². The molecule has 5 rings (SSSR count). The molecule has 4 aliphatic rings. The lowest BCUT2D eigenvalue weighted by Gasteiger charge is -2.72. The first kappa shape index (κ1) is 20.3. The second kappa shape index (κ2) is 7.68. The molecule has 0 aromatic heterocycles. The summed E-state index contributed by atoms with van der Waals surface area (Å²) >= 11 is 5.65. The molecule has 1 heterocycles. The predicted molar refractivity (Wildman–Crippen MR) is 103 cm³/mol. The van der Waals surface area contributed by atoms with Gasteiger partial charge >= 0.3 is 0 Å². The van der Waals surface area contributed by atoms with Crippen molar-refractivity contribution in [1.82, 2.24) is 21.1 Å². The van der Waals surface area contributed by atoms with Crippen LogP contribution in [0.4, 0.5) is 4.39 Å². The van der Waals surface area contributed by atoms with Gasteiger partial charge in [-0.1, -0.05) is 18.5 Å². The van der Waals surface area contributed by atoms with Crippen LogP contribution in [0.1, 0.15) is 26.2 Å². The summed E-state index contributed by atoms with van der Waals surface area (Å²) in [6.45, 7) is 4.65. The Bertz CT molecular complexity index is 705. The Balaban J connectivity index is 1.18. The molecular weight excluding hydrogens is 387 g/mol. The summed E-state index contributed by atoms with van der Waals surface area (Å²) in [5.74, 6) is -0.0447. The number of aliphatic hydroxyl groups excluding tert-OH is 2.